The molecule has 1 unspecified atom stereocenters. The highest BCUT2D eigenvalue weighted by Gasteiger charge is 2.16. The van der Waals surface area contributed by atoms with E-state index in [1.807, 2.05) is 11.6 Å². The van der Waals surface area contributed by atoms with Crippen molar-refractivity contribution in [1.29, 1.82) is 0 Å². The van der Waals surface area contributed by atoms with E-state index >= 15 is 0 Å². The topological polar surface area (TPSA) is 39.9 Å². The fraction of sp³-hybridized carbons (Fsp3) is 0.800. The molecule has 1 aromatic heterocycles. The number of nitrogens with zero attached hydrogens (tertiary/aromatic N) is 3. The summed E-state index contributed by atoms with van der Waals surface area (Å²) >= 11 is 5.72. The second-order valence-electron chi connectivity index (χ2n) is 3.90. The Balaban J connectivity index is 1.89. The SMILES string of the molecule is Cn1c(CCl)nnc1CCC1CCCO1. The first-order valence-corrected chi connectivity index (χ1v) is 5.89. The monoisotopic (exact) mass is 229 g/mol. The Bertz CT molecular complexity index is 320. The zero-order chi connectivity index (χ0) is 10.7. The highest BCUT2D eigenvalue weighted by Crippen LogP contribution is 2.17. The summed E-state index contributed by atoms with van der Waals surface area (Å²) in [5.41, 5.74) is 0. The molecular weight excluding hydrogens is 214 g/mol. The molecule has 1 aliphatic rings. The third-order valence-corrected chi connectivity index (χ3v) is 3.13. The lowest BCUT2D eigenvalue weighted by Gasteiger charge is -2.08. The molecule has 1 atom stereocenters. The van der Waals surface area contributed by atoms with Crippen molar-refractivity contribution in [3.63, 3.8) is 0 Å². The predicted octanol–water partition coefficient (Wildman–Crippen LogP) is 1.67. The van der Waals surface area contributed by atoms with Crippen molar-refractivity contribution in [2.24, 2.45) is 7.05 Å². The van der Waals surface area contributed by atoms with Crippen molar-refractivity contribution in [1.82, 2.24) is 14.8 Å². The second kappa shape index (κ2) is 4.94. The van der Waals surface area contributed by atoms with E-state index in [0.29, 0.717) is 12.0 Å². The molecule has 0 aromatic carbocycles. The summed E-state index contributed by atoms with van der Waals surface area (Å²) < 4.78 is 7.54. The molecule has 84 valence electrons. The molecule has 0 bridgehead atoms. The highest BCUT2D eigenvalue weighted by atomic mass is 35.5. The highest BCUT2D eigenvalue weighted by molar-refractivity contribution is 6.16. The van der Waals surface area contributed by atoms with Crippen molar-refractivity contribution in [2.75, 3.05) is 6.61 Å². The van der Waals surface area contributed by atoms with Gasteiger partial charge in [0.05, 0.1) is 12.0 Å². The van der Waals surface area contributed by atoms with E-state index in [0.717, 1.165) is 31.1 Å². The molecule has 2 heterocycles. The van der Waals surface area contributed by atoms with Gasteiger partial charge in [-0.1, -0.05) is 0 Å². The van der Waals surface area contributed by atoms with Gasteiger partial charge in [0.1, 0.15) is 11.6 Å². The standard InChI is InChI=1S/C10H16ClN3O/c1-14-9(12-13-10(14)7-11)5-4-8-3-2-6-15-8/h8H,2-7H2,1H3. The van der Waals surface area contributed by atoms with Crippen molar-refractivity contribution < 1.29 is 4.74 Å². The van der Waals surface area contributed by atoms with Crippen LogP contribution in [0.15, 0.2) is 0 Å². The number of aryl methyl sites for hydroxylation is 1. The Labute approximate surface area is 94.6 Å². The third kappa shape index (κ3) is 2.49. The molecule has 0 amide bonds. The Morgan fingerprint density at radius 1 is 1.47 bits per heavy atom. The maximum Gasteiger partial charge on any atom is 0.147 e. The number of halogens is 1. The third-order valence-electron chi connectivity index (χ3n) is 2.89. The number of ether oxygens (including phenoxy) is 1. The van der Waals surface area contributed by atoms with Crippen LogP contribution < -0.4 is 0 Å². The van der Waals surface area contributed by atoms with E-state index < -0.39 is 0 Å². The van der Waals surface area contributed by atoms with E-state index in [2.05, 4.69) is 10.2 Å². The van der Waals surface area contributed by atoms with Gasteiger partial charge in [-0.3, -0.25) is 0 Å². The lowest BCUT2D eigenvalue weighted by Crippen LogP contribution is -2.09. The van der Waals surface area contributed by atoms with Crippen LogP contribution in [0.2, 0.25) is 0 Å². The summed E-state index contributed by atoms with van der Waals surface area (Å²) in [4.78, 5) is 0. The van der Waals surface area contributed by atoms with Gasteiger partial charge in [0.15, 0.2) is 0 Å². The Morgan fingerprint density at radius 2 is 2.27 bits per heavy atom. The normalized spacial score (nSPS) is 21.1. The molecule has 1 aromatic rings. The van der Waals surface area contributed by atoms with Crippen LogP contribution in [0.3, 0.4) is 0 Å². The van der Waals surface area contributed by atoms with Crippen LogP contribution in [0.5, 0.6) is 0 Å². The number of rotatable bonds is 4. The number of hydrogen-bond acceptors (Lipinski definition) is 3. The van der Waals surface area contributed by atoms with Gasteiger partial charge in [-0.25, -0.2) is 0 Å². The van der Waals surface area contributed by atoms with Gasteiger partial charge in [-0.15, -0.1) is 21.8 Å². The van der Waals surface area contributed by atoms with E-state index in [9.17, 15) is 0 Å². The Hall–Kier alpha value is -0.610. The minimum Gasteiger partial charge on any atom is -0.378 e. The average Bonchev–Trinajstić information content (AvgIpc) is 2.85. The first-order chi connectivity index (χ1) is 7.31. The van der Waals surface area contributed by atoms with Gasteiger partial charge < -0.3 is 9.30 Å². The molecule has 0 saturated carbocycles. The van der Waals surface area contributed by atoms with Gasteiger partial charge in [0.25, 0.3) is 0 Å². The van der Waals surface area contributed by atoms with Gasteiger partial charge in [-0.05, 0) is 19.3 Å². The van der Waals surface area contributed by atoms with Crippen molar-refractivity contribution in [2.45, 2.75) is 37.7 Å². The largest absolute Gasteiger partial charge is 0.378 e. The average molecular weight is 230 g/mol. The number of aromatic nitrogens is 3. The zero-order valence-electron chi connectivity index (χ0n) is 8.95. The predicted molar refractivity (Wildman–Crippen MR) is 57.9 cm³/mol. The lowest BCUT2D eigenvalue weighted by atomic mass is 10.1. The van der Waals surface area contributed by atoms with Gasteiger partial charge in [0, 0.05) is 20.1 Å². The molecule has 1 fully saturated rings. The van der Waals surface area contributed by atoms with Gasteiger partial charge in [0.2, 0.25) is 0 Å². The smallest absolute Gasteiger partial charge is 0.147 e. The molecule has 15 heavy (non-hydrogen) atoms. The Kier molecular flexibility index (Phi) is 3.59. The van der Waals surface area contributed by atoms with Crippen molar-refractivity contribution >= 4 is 11.6 Å². The second-order valence-corrected chi connectivity index (χ2v) is 4.17. The summed E-state index contributed by atoms with van der Waals surface area (Å²) in [5, 5.41) is 8.14. The zero-order valence-corrected chi connectivity index (χ0v) is 9.70. The van der Waals surface area contributed by atoms with Crippen LogP contribution in [-0.4, -0.2) is 27.5 Å². The first kappa shape index (κ1) is 10.9. The van der Waals surface area contributed by atoms with Crippen LogP contribution in [0.4, 0.5) is 0 Å². The summed E-state index contributed by atoms with van der Waals surface area (Å²) in [5.74, 6) is 2.25. The molecule has 1 aliphatic heterocycles. The summed E-state index contributed by atoms with van der Waals surface area (Å²) in [6, 6.07) is 0. The van der Waals surface area contributed by atoms with Crippen LogP contribution >= 0.6 is 11.6 Å². The molecule has 0 N–H and O–H groups in total. The maximum absolute atomic E-state index is 5.72. The fourth-order valence-electron chi connectivity index (χ4n) is 1.89. The number of alkyl halides is 1. The molecule has 0 spiro atoms. The van der Waals surface area contributed by atoms with E-state index in [4.69, 9.17) is 16.3 Å². The van der Waals surface area contributed by atoms with Crippen LogP contribution in [-0.2, 0) is 24.1 Å². The van der Waals surface area contributed by atoms with E-state index in [1.54, 1.807) is 0 Å². The quantitative estimate of drug-likeness (QED) is 0.738. The molecule has 4 nitrogen and oxygen atoms in total. The molecule has 0 aliphatic carbocycles. The van der Waals surface area contributed by atoms with E-state index in [-0.39, 0.29) is 0 Å². The maximum atomic E-state index is 5.72. The van der Waals surface area contributed by atoms with Crippen molar-refractivity contribution in [3.05, 3.63) is 11.6 Å². The summed E-state index contributed by atoms with van der Waals surface area (Å²) in [6.07, 6.45) is 4.75. The molecule has 1 saturated heterocycles. The summed E-state index contributed by atoms with van der Waals surface area (Å²) in [7, 11) is 1.96. The van der Waals surface area contributed by atoms with E-state index in [1.165, 1.54) is 12.8 Å². The molecule has 2 rings (SSSR count). The molecule has 5 heteroatoms. The summed E-state index contributed by atoms with van der Waals surface area (Å²) in [6.45, 7) is 0.913. The minimum absolute atomic E-state index is 0.418. The first-order valence-electron chi connectivity index (χ1n) is 5.36. The van der Waals surface area contributed by atoms with Crippen LogP contribution in [0, 0.1) is 0 Å². The molecular formula is C10H16ClN3O. The van der Waals surface area contributed by atoms with Gasteiger partial charge >= 0.3 is 0 Å². The molecule has 0 radical (unpaired) electrons. The van der Waals surface area contributed by atoms with Crippen LogP contribution in [0.25, 0.3) is 0 Å². The van der Waals surface area contributed by atoms with Crippen molar-refractivity contribution in [3.8, 4) is 0 Å². The fourth-order valence-corrected chi connectivity index (χ4v) is 2.13. The Morgan fingerprint density at radius 3 is 2.87 bits per heavy atom. The van der Waals surface area contributed by atoms with Crippen LogP contribution in [0.1, 0.15) is 30.9 Å². The minimum atomic E-state index is 0.418. The van der Waals surface area contributed by atoms with Gasteiger partial charge in [-0.2, -0.15) is 0 Å². The number of hydrogen-bond donors (Lipinski definition) is 0. The lowest BCUT2D eigenvalue weighted by molar-refractivity contribution is 0.104.